The van der Waals surface area contributed by atoms with E-state index >= 15 is 0 Å². The first-order chi connectivity index (χ1) is 13.4. The van der Waals surface area contributed by atoms with Crippen molar-refractivity contribution in [3.8, 4) is 0 Å². The van der Waals surface area contributed by atoms with Crippen LogP contribution in [0.1, 0.15) is 50.4 Å². The minimum absolute atomic E-state index is 0.0378. The monoisotopic (exact) mass is 386 g/mol. The van der Waals surface area contributed by atoms with E-state index in [0.29, 0.717) is 17.5 Å². The summed E-state index contributed by atoms with van der Waals surface area (Å²) in [7, 11) is 0. The first-order valence-electron chi connectivity index (χ1n) is 9.96. The van der Waals surface area contributed by atoms with E-state index in [2.05, 4.69) is 39.1 Å². The van der Waals surface area contributed by atoms with Gasteiger partial charge >= 0.3 is 0 Å². The molecular formula is C20H30N6O2. The van der Waals surface area contributed by atoms with Crippen LogP contribution in [0, 0.1) is 13.8 Å². The van der Waals surface area contributed by atoms with Gasteiger partial charge in [-0.05, 0) is 20.3 Å². The van der Waals surface area contributed by atoms with E-state index in [0.717, 1.165) is 49.9 Å². The Labute approximate surface area is 166 Å². The van der Waals surface area contributed by atoms with Gasteiger partial charge in [-0.2, -0.15) is 0 Å². The Kier molecular flexibility index (Phi) is 6.28. The molecule has 1 N–H and O–H groups in total. The van der Waals surface area contributed by atoms with Crippen molar-refractivity contribution in [2.24, 2.45) is 0 Å². The van der Waals surface area contributed by atoms with E-state index in [1.54, 1.807) is 13.0 Å². The van der Waals surface area contributed by atoms with Crippen LogP contribution in [-0.2, 0) is 4.79 Å². The fourth-order valence-corrected chi connectivity index (χ4v) is 3.50. The summed E-state index contributed by atoms with van der Waals surface area (Å²) in [6.45, 7) is 13.4. The zero-order chi connectivity index (χ0) is 20.3. The number of hydrogen-bond donors (Lipinski definition) is 1. The number of aryl methyl sites for hydroxylation is 2. The number of amides is 1. The molecule has 0 aromatic carbocycles. The fourth-order valence-electron chi connectivity index (χ4n) is 3.50. The molecule has 1 aliphatic rings. The predicted molar refractivity (Wildman–Crippen MR) is 109 cm³/mol. The largest absolute Gasteiger partial charge is 0.360 e. The molecule has 0 bridgehead atoms. The number of nitrogens with one attached hydrogen (secondary N) is 1. The van der Waals surface area contributed by atoms with Gasteiger partial charge in [0.15, 0.2) is 5.82 Å². The quantitative estimate of drug-likeness (QED) is 0.817. The lowest BCUT2D eigenvalue weighted by Gasteiger charge is -2.38. The van der Waals surface area contributed by atoms with Crippen LogP contribution in [0.2, 0.25) is 0 Å². The van der Waals surface area contributed by atoms with Crippen LogP contribution in [0.5, 0.6) is 0 Å². The Hall–Kier alpha value is -2.48. The zero-order valence-corrected chi connectivity index (χ0v) is 17.4. The van der Waals surface area contributed by atoms with Gasteiger partial charge in [-0.1, -0.05) is 25.9 Å². The summed E-state index contributed by atoms with van der Waals surface area (Å²) in [5.74, 6) is 3.27. The maximum Gasteiger partial charge on any atom is 0.242 e. The number of hydrogen-bond acceptors (Lipinski definition) is 7. The van der Waals surface area contributed by atoms with Gasteiger partial charge in [0.05, 0.1) is 6.04 Å². The topological polar surface area (TPSA) is 87.4 Å². The number of carbonyl (C=O) groups is 1. The fraction of sp³-hybridized carbons (Fsp3) is 0.600. The number of aromatic nitrogens is 3. The summed E-state index contributed by atoms with van der Waals surface area (Å²) < 4.78 is 5.03. The molecule has 2 aromatic heterocycles. The highest BCUT2D eigenvalue weighted by molar-refractivity contribution is 5.94. The second-order valence-corrected chi connectivity index (χ2v) is 7.64. The van der Waals surface area contributed by atoms with Crippen molar-refractivity contribution in [3.63, 3.8) is 0 Å². The molecule has 2 aromatic rings. The van der Waals surface area contributed by atoms with Crippen LogP contribution in [-0.4, -0.2) is 58.2 Å². The standard InChI is InChI=1S/C20H30N6O2/c1-6-16(20(27)22-17-12-15(5)28-24-17)25-7-9-26(10-8-25)18-11-14(4)21-19(23-18)13(2)3/h11-13,16H,6-10H2,1-5H3,(H,22,24,27). The van der Waals surface area contributed by atoms with Gasteiger partial charge in [0.1, 0.15) is 17.4 Å². The maximum atomic E-state index is 12.7. The molecule has 0 aliphatic carbocycles. The smallest absolute Gasteiger partial charge is 0.242 e. The van der Waals surface area contributed by atoms with Crippen LogP contribution in [0.4, 0.5) is 11.6 Å². The van der Waals surface area contributed by atoms with Crippen LogP contribution < -0.4 is 10.2 Å². The molecule has 1 saturated heterocycles. The molecule has 1 aliphatic heterocycles. The van der Waals surface area contributed by atoms with E-state index in [1.807, 2.05) is 19.9 Å². The lowest BCUT2D eigenvalue weighted by molar-refractivity contribution is -0.121. The molecule has 1 atom stereocenters. The second-order valence-electron chi connectivity index (χ2n) is 7.64. The highest BCUT2D eigenvalue weighted by atomic mass is 16.5. The Morgan fingerprint density at radius 1 is 1.18 bits per heavy atom. The van der Waals surface area contributed by atoms with Crippen molar-refractivity contribution in [1.82, 2.24) is 20.0 Å². The van der Waals surface area contributed by atoms with Crippen molar-refractivity contribution < 1.29 is 9.32 Å². The molecule has 8 nitrogen and oxygen atoms in total. The molecule has 0 spiro atoms. The average Bonchev–Trinajstić information content (AvgIpc) is 3.07. The summed E-state index contributed by atoms with van der Waals surface area (Å²) >= 11 is 0. The normalized spacial score (nSPS) is 16.4. The first kappa shape index (κ1) is 20.3. The molecule has 0 saturated carbocycles. The summed E-state index contributed by atoms with van der Waals surface area (Å²) in [5, 5.41) is 6.71. The van der Waals surface area contributed by atoms with Crippen molar-refractivity contribution in [1.29, 1.82) is 0 Å². The lowest BCUT2D eigenvalue weighted by atomic mass is 10.1. The second kappa shape index (κ2) is 8.68. The third-order valence-corrected chi connectivity index (χ3v) is 5.02. The van der Waals surface area contributed by atoms with Gasteiger partial charge in [-0.15, -0.1) is 0 Å². The Morgan fingerprint density at radius 3 is 2.46 bits per heavy atom. The average molecular weight is 387 g/mol. The summed E-state index contributed by atoms with van der Waals surface area (Å²) in [6.07, 6.45) is 0.743. The molecular weight excluding hydrogens is 356 g/mol. The number of nitrogens with zero attached hydrogens (tertiary/aromatic N) is 5. The predicted octanol–water partition coefficient (Wildman–Crippen LogP) is 2.74. The minimum atomic E-state index is -0.183. The Bertz CT molecular complexity index is 811. The molecule has 1 fully saturated rings. The van der Waals surface area contributed by atoms with Crippen LogP contribution in [0.25, 0.3) is 0 Å². The molecule has 152 valence electrons. The van der Waals surface area contributed by atoms with Crippen LogP contribution >= 0.6 is 0 Å². The summed E-state index contributed by atoms with van der Waals surface area (Å²) in [4.78, 5) is 26.5. The van der Waals surface area contributed by atoms with Gasteiger partial charge in [-0.25, -0.2) is 9.97 Å². The molecule has 8 heteroatoms. The van der Waals surface area contributed by atoms with Crippen LogP contribution in [0.3, 0.4) is 0 Å². The molecule has 1 amide bonds. The van der Waals surface area contributed by atoms with Gasteiger partial charge in [0, 0.05) is 49.9 Å². The van der Waals surface area contributed by atoms with E-state index in [9.17, 15) is 4.79 Å². The van der Waals surface area contributed by atoms with E-state index < -0.39 is 0 Å². The highest BCUT2D eigenvalue weighted by Crippen LogP contribution is 2.20. The lowest BCUT2D eigenvalue weighted by Crippen LogP contribution is -2.54. The van der Waals surface area contributed by atoms with Gasteiger partial charge in [0.2, 0.25) is 5.91 Å². The Balaban J connectivity index is 1.62. The van der Waals surface area contributed by atoms with Gasteiger partial charge in [-0.3, -0.25) is 9.69 Å². The van der Waals surface area contributed by atoms with Crippen molar-refractivity contribution in [2.45, 2.75) is 53.0 Å². The highest BCUT2D eigenvalue weighted by Gasteiger charge is 2.29. The SMILES string of the molecule is CCC(C(=O)Nc1cc(C)on1)N1CCN(c2cc(C)nc(C(C)C)n2)CC1. The molecule has 1 unspecified atom stereocenters. The number of anilines is 2. The molecule has 3 rings (SSSR count). The first-order valence-corrected chi connectivity index (χ1v) is 9.96. The van der Waals surface area contributed by atoms with Crippen molar-refractivity contribution >= 4 is 17.5 Å². The van der Waals surface area contributed by atoms with Crippen molar-refractivity contribution in [3.05, 3.63) is 29.4 Å². The number of piperazine rings is 1. The molecule has 3 heterocycles. The summed E-state index contributed by atoms with van der Waals surface area (Å²) in [6, 6.07) is 3.59. The van der Waals surface area contributed by atoms with E-state index in [1.165, 1.54) is 0 Å². The zero-order valence-electron chi connectivity index (χ0n) is 17.4. The van der Waals surface area contributed by atoms with E-state index in [4.69, 9.17) is 9.51 Å². The van der Waals surface area contributed by atoms with Crippen molar-refractivity contribution in [2.75, 3.05) is 36.4 Å². The maximum absolute atomic E-state index is 12.7. The summed E-state index contributed by atoms with van der Waals surface area (Å²) in [5.41, 5.74) is 0.991. The van der Waals surface area contributed by atoms with E-state index in [-0.39, 0.29) is 11.9 Å². The molecule has 28 heavy (non-hydrogen) atoms. The minimum Gasteiger partial charge on any atom is -0.360 e. The van der Waals surface area contributed by atoms with Crippen LogP contribution in [0.15, 0.2) is 16.7 Å². The number of rotatable bonds is 6. The molecule has 0 radical (unpaired) electrons. The third kappa shape index (κ3) is 4.67. The van der Waals surface area contributed by atoms with Gasteiger partial charge < -0.3 is 14.7 Å². The van der Waals surface area contributed by atoms with Gasteiger partial charge in [0.25, 0.3) is 0 Å². The Morgan fingerprint density at radius 2 is 1.89 bits per heavy atom. The number of carbonyl (C=O) groups excluding carboxylic acids is 1. The third-order valence-electron chi connectivity index (χ3n) is 5.02.